The maximum atomic E-state index is 9.08. The van der Waals surface area contributed by atoms with Crippen molar-refractivity contribution in [3.05, 3.63) is 0 Å². The fourth-order valence-electron chi connectivity index (χ4n) is 0. The molecule has 105 valence electrons. The molecule has 0 unspecified atom stereocenters. The summed E-state index contributed by atoms with van der Waals surface area (Å²) in [6.07, 6.45) is 1.81. The summed E-state index contributed by atoms with van der Waals surface area (Å²) >= 11 is 0. The van der Waals surface area contributed by atoms with Gasteiger partial charge in [0.15, 0.2) is 0 Å². The molecular weight excluding hydrogens is 432 g/mol. The third-order valence-electron chi connectivity index (χ3n) is 0. The van der Waals surface area contributed by atoms with Gasteiger partial charge in [-0.15, -0.1) is 0 Å². The summed E-state index contributed by atoms with van der Waals surface area (Å²) in [5.74, 6) is 0. The van der Waals surface area contributed by atoms with E-state index in [1.165, 1.54) is 0 Å². The molecule has 0 heterocycles. The van der Waals surface area contributed by atoms with E-state index < -0.39 is 30.4 Å². The van der Waals surface area contributed by atoms with E-state index in [2.05, 4.69) is 0 Å². The predicted molar refractivity (Wildman–Crippen MR) is 50.5 cm³/mol. The Morgan fingerprint density at radius 1 is 0.588 bits per heavy atom. The molecule has 0 aliphatic carbocycles. The molecule has 0 aliphatic heterocycles. The fourth-order valence-corrected chi connectivity index (χ4v) is 0. The molecule has 10 nitrogen and oxygen atoms in total. The second kappa shape index (κ2) is 12.1. The minimum absolute atomic E-state index is 0. The zero-order valence-electron chi connectivity index (χ0n) is 8.90. The molecule has 14 heteroatoms. The predicted octanol–water partition coefficient (Wildman–Crippen LogP) is -3.34. The summed E-state index contributed by atoms with van der Waals surface area (Å²) in [6.45, 7) is 0. The summed E-state index contributed by atoms with van der Waals surface area (Å²) in [4.78, 5) is 0. The van der Waals surface area contributed by atoms with Crippen molar-refractivity contribution in [3.63, 3.8) is 0 Å². The van der Waals surface area contributed by atoms with E-state index in [1.807, 2.05) is 0 Å². The van der Waals surface area contributed by atoms with E-state index in [1.54, 1.807) is 0 Å². The number of rotatable bonds is 0. The fraction of sp³-hybridized carbons (Fsp3) is 1.00. The van der Waals surface area contributed by atoms with Gasteiger partial charge < -0.3 is 19.1 Å². The molecule has 0 aromatic rings. The minimum Gasteiger partial charge on any atom is -0.748 e. The van der Waals surface area contributed by atoms with Gasteiger partial charge in [-0.3, -0.25) is 0 Å². The van der Waals surface area contributed by atoms with Crippen LogP contribution in [0.1, 0.15) is 0 Å². The van der Waals surface area contributed by atoms with Gasteiger partial charge >= 0.3 is 41.7 Å². The Balaban J connectivity index is -0.0000000400. The Hall–Kier alpha value is 1.07. The third-order valence-corrected chi connectivity index (χ3v) is 0. The van der Waals surface area contributed by atoms with Crippen LogP contribution in [0.2, 0.25) is 0 Å². The molecule has 1 radical (unpaired) electrons. The summed E-state index contributed by atoms with van der Waals surface area (Å²) < 4.78 is 81.7. The van der Waals surface area contributed by atoms with Gasteiger partial charge in [0, 0.05) is 18.8 Å². The largest absolute Gasteiger partial charge is 3.00 e. The van der Waals surface area contributed by atoms with Crippen LogP contribution in [0.25, 0.3) is 0 Å². The van der Waals surface area contributed by atoms with Crippen molar-refractivity contribution in [3.8, 4) is 0 Å². The number of hydrogen-bond acceptors (Lipinski definition) is 9. The molecule has 0 saturated heterocycles. The van der Waals surface area contributed by atoms with Crippen molar-refractivity contribution in [2.24, 2.45) is 0 Å². The van der Waals surface area contributed by atoms with Crippen molar-refractivity contribution >= 4 is 30.4 Å². The first kappa shape index (κ1) is 30.8. The summed E-state index contributed by atoms with van der Waals surface area (Å²) in [7, 11) is -11.8. The topological polar surface area (TPSA) is 203 Å². The van der Waals surface area contributed by atoms with Gasteiger partial charge in [0.1, 0.15) is 0 Å². The monoisotopic (exact) mass is 443 g/mol. The van der Waals surface area contributed by atoms with Gasteiger partial charge in [-0.25, -0.2) is 25.3 Å². The molecule has 0 aromatic carbocycles. The van der Waals surface area contributed by atoms with Crippen molar-refractivity contribution in [2.75, 3.05) is 18.8 Å². The van der Waals surface area contributed by atoms with Gasteiger partial charge in [0.2, 0.25) is 0 Å². The van der Waals surface area contributed by atoms with Gasteiger partial charge in [0.05, 0.1) is 30.4 Å². The van der Waals surface area contributed by atoms with Crippen molar-refractivity contribution in [1.82, 2.24) is 0 Å². The first-order valence-corrected chi connectivity index (χ1v) is 8.17. The Morgan fingerprint density at radius 2 is 0.588 bits per heavy atom. The van der Waals surface area contributed by atoms with Crippen LogP contribution in [0, 0.1) is 41.7 Å². The molecule has 0 aromatic heterocycles. The molecule has 2 N–H and O–H groups in total. The maximum absolute atomic E-state index is 9.08. The molecule has 0 atom stereocenters. The molecule has 0 bridgehead atoms. The molecule has 0 fully saturated rings. The van der Waals surface area contributed by atoms with Gasteiger partial charge in [0.25, 0.3) is 0 Å². The third kappa shape index (κ3) is 3410. The van der Waals surface area contributed by atoms with Crippen LogP contribution in [0.3, 0.4) is 0 Å². The Morgan fingerprint density at radius 3 is 0.588 bits per heavy atom. The van der Waals surface area contributed by atoms with E-state index in [9.17, 15) is 0 Å². The Kier molecular flexibility index (Phi) is 22.0. The van der Waals surface area contributed by atoms with Crippen LogP contribution in [0.4, 0.5) is 0 Å². The van der Waals surface area contributed by atoms with Crippen LogP contribution >= 0.6 is 0 Å². The molecule has 0 rings (SSSR count). The van der Waals surface area contributed by atoms with Crippen molar-refractivity contribution in [1.29, 1.82) is 0 Å². The van der Waals surface area contributed by atoms with Gasteiger partial charge in [-0.05, 0) is 0 Å². The van der Waals surface area contributed by atoms with Crippen LogP contribution in [-0.4, -0.2) is 63.2 Å². The van der Waals surface area contributed by atoms with Crippen molar-refractivity contribution < 1.29 is 86.1 Å². The molecule has 0 amide bonds. The Bertz CT molecular complexity index is 348. The first-order chi connectivity index (χ1) is 6.00. The van der Waals surface area contributed by atoms with Crippen LogP contribution in [0.15, 0.2) is 0 Å². The summed E-state index contributed by atoms with van der Waals surface area (Å²) in [5, 5.41) is 0. The first-order valence-electron chi connectivity index (χ1n) is 2.72. The summed E-state index contributed by atoms with van der Waals surface area (Å²) in [5.41, 5.74) is 0. The van der Waals surface area contributed by atoms with E-state index in [0.29, 0.717) is 18.8 Å². The molecular formula is C3H11CeO10S3. The second-order valence-electron chi connectivity index (χ2n) is 2.11. The Labute approximate surface area is 134 Å². The molecule has 0 spiro atoms. The average molecular weight is 443 g/mol. The zero-order chi connectivity index (χ0) is 13.5. The summed E-state index contributed by atoms with van der Waals surface area (Å²) in [6, 6.07) is 0. The number of hydrogen-bond donors (Lipinski definition) is 0. The van der Waals surface area contributed by atoms with E-state index >= 15 is 0 Å². The van der Waals surface area contributed by atoms with E-state index in [0.717, 1.165) is 0 Å². The van der Waals surface area contributed by atoms with Crippen LogP contribution < -0.4 is 0 Å². The van der Waals surface area contributed by atoms with E-state index in [-0.39, 0.29) is 47.2 Å². The average Bonchev–Trinajstić information content (AvgIpc) is 1.41. The quantitative estimate of drug-likeness (QED) is 0.343. The van der Waals surface area contributed by atoms with Gasteiger partial charge in [-0.1, -0.05) is 0 Å². The normalized spacial score (nSPS) is 10.2. The van der Waals surface area contributed by atoms with Gasteiger partial charge in [-0.2, -0.15) is 0 Å². The maximum Gasteiger partial charge on any atom is 3.00 e. The van der Waals surface area contributed by atoms with Crippen LogP contribution in [0.5, 0.6) is 0 Å². The second-order valence-corrected chi connectivity index (χ2v) is 6.34. The van der Waals surface area contributed by atoms with Crippen LogP contribution in [-0.2, 0) is 30.4 Å². The minimum atomic E-state index is -3.92. The standard InChI is InChI=1S/3CH4O3S.Ce.H2O/c3*1-5(2,3)4;;/h3*1H3,(H,2,3,4);;1H2/q;;;+3;/p-3. The SMILES string of the molecule is CS(=O)(=O)[O-].CS(=O)(=O)[O-].CS(=O)(=O)[O-].O.[Ce+3]. The molecule has 0 saturated carbocycles. The van der Waals surface area contributed by atoms with E-state index in [4.69, 9.17) is 38.9 Å². The molecule has 0 aliphatic rings. The molecule has 17 heavy (non-hydrogen) atoms. The zero-order valence-corrected chi connectivity index (χ0v) is 14.5. The van der Waals surface area contributed by atoms with Crippen molar-refractivity contribution in [2.45, 2.75) is 0 Å². The smallest absolute Gasteiger partial charge is 0.748 e.